The standard InChI is InChI=1S/C18H19BrN6O2/c1-3-24-11-15(16(23-24)18(27)20-2)22-17(26)13-6-4-5-12(7-13)9-25-10-14(19)8-21-25/h4-8,10-11H,3,9H2,1-2H3,(H,20,27)(H,22,26). The van der Waals surface area contributed by atoms with Gasteiger partial charge in [-0.25, -0.2) is 0 Å². The Hall–Kier alpha value is -2.94. The molecule has 9 heteroatoms. The summed E-state index contributed by atoms with van der Waals surface area (Å²) in [5.41, 5.74) is 1.99. The van der Waals surface area contributed by atoms with Crippen LogP contribution >= 0.6 is 15.9 Å². The number of hydrogen-bond donors (Lipinski definition) is 2. The molecule has 0 bridgehead atoms. The molecule has 0 aliphatic carbocycles. The Morgan fingerprint density at radius 3 is 2.67 bits per heavy atom. The average molecular weight is 431 g/mol. The lowest BCUT2D eigenvalue weighted by atomic mass is 10.1. The molecule has 0 saturated heterocycles. The summed E-state index contributed by atoms with van der Waals surface area (Å²) in [5, 5.41) is 13.7. The minimum absolute atomic E-state index is 0.185. The van der Waals surface area contributed by atoms with Gasteiger partial charge in [-0.1, -0.05) is 12.1 Å². The molecule has 3 aromatic rings. The highest BCUT2D eigenvalue weighted by molar-refractivity contribution is 9.10. The third kappa shape index (κ3) is 4.43. The van der Waals surface area contributed by atoms with Crippen molar-refractivity contribution in [3.63, 3.8) is 0 Å². The maximum atomic E-state index is 12.7. The molecule has 0 radical (unpaired) electrons. The van der Waals surface area contributed by atoms with Crippen molar-refractivity contribution in [2.45, 2.75) is 20.0 Å². The van der Waals surface area contributed by atoms with Crippen LogP contribution in [-0.2, 0) is 13.1 Å². The predicted molar refractivity (Wildman–Crippen MR) is 105 cm³/mol. The van der Waals surface area contributed by atoms with Crippen LogP contribution in [0.2, 0.25) is 0 Å². The third-order valence-electron chi connectivity index (χ3n) is 3.91. The highest BCUT2D eigenvalue weighted by atomic mass is 79.9. The van der Waals surface area contributed by atoms with Crippen molar-refractivity contribution in [2.75, 3.05) is 12.4 Å². The monoisotopic (exact) mass is 430 g/mol. The number of rotatable bonds is 6. The summed E-state index contributed by atoms with van der Waals surface area (Å²) in [6.07, 6.45) is 5.22. The summed E-state index contributed by atoms with van der Waals surface area (Å²) in [6.45, 7) is 3.04. The number of hydrogen-bond acceptors (Lipinski definition) is 4. The van der Waals surface area contributed by atoms with Crippen LogP contribution in [0.15, 0.2) is 47.3 Å². The molecule has 2 aromatic heterocycles. The van der Waals surface area contributed by atoms with E-state index in [2.05, 4.69) is 36.8 Å². The van der Waals surface area contributed by atoms with Gasteiger partial charge in [-0.2, -0.15) is 10.2 Å². The molecule has 0 aliphatic rings. The normalized spacial score (nSPS) is 10.6. The minimum Gasteiger partial charge on any atom is -0.354 e. The van der Waals surface area contributed by atoms with E-state index >= 15 is 0 Å². The molecule has 0 spiro atoms. The lowest BCUT2D eigenvalue weighted by Crippen LogP contribution is -2.21. The van der Waals surface area contributed by atoms with Crippen molar-refractivity contribution in [1.29, 1.82) is 0 Å². The van der Waals surface area contributed by atoms with E-state index in [0.29, 0.717) is 24.3 Å². The summed E-state index contributed by atoms with van der Waals surface area (Å²) >= 11 is 3.36. The second-order valence-corrected chi connectivity index (χ2v) is 6.75. The molecule has 8 nitrogen and oxygen atoms in total. The van der Waals surface area contributed by atoms with E-state index in [4.69, 9.17) is 0 Å². The molecular formula is C18H19BrN6O2. The van der Waals surface area contributed by atoms with E-state index in [9.17, 15) is 9.59 Å². The molecular weight excluding hydrogens is 412 g/mol. The van der Waals surface area contributed by atoms with Crippen LogP contribution in [-0.4, -0.2) is 38.4 Å². The van der Waals surface area contributed by atoms with Crippen molar-refractivity contribution in [3.05, 3.63) is 64.1 Å². The Kier molecular flexibility index (Phi) is 5.70. The molecule has 3 rings (SSSR count). The summed E-state index contributed by atoms with van der Waals surface area (Å²) in [6, 6.07) is 7.27. The first-order valence-corrected chi connectivity index (χ1v) is 9.17. The highest BCUT2D eigenvalue weighted by Gasteiger charge is 2.18. The Morgan fingerprint density at radius 2 is 2.00 bits per heavy atom. The fourth-order valence-corrected chi connectivity index (χ4v) is 2.91. The minimum atomic E-state index is -0.351. The number of benzene rings is 1. The molecule has 0 fully saturated rings. The van der Waals surface area contributed by atoms with E-state index in [-0.39, 0.29) is 17.5 Å². The number of amides is 2. The molecule has 0 atom stereocenters. The Balaban J connectivity index is 1.79. The second-order valence-electron chi connectivity index (χ2n) is 5.84. The molecule has 0 unspecified atom stereocenters. The molecule has 140 valence electrons. The highest BCUT2D eigenvalue weighted by Crippen LogP contribution is 2.16. The van der Waals surface area contributed by atoms with Gasteiger partial charge in [0.25, 0.3) is 11.8 Å². The summed E-state index contributed by atoms with van der Waals surface area (Å²) in [5.74, 6) is -0.658. The molecule has 27 heavy (non-hydrogen) atoms. The summed E-state index contributed by atoms with van der Waals surface area (Å²) < 4.78 is 4.27. The molecule has 0 saturated carbocycles. The number of carbonyl (C=O) groups excluding carboxylic acids is 2. The lowest BCUT2D eigenvalue weighted by molar-refractivity contribution is 0.0958. The lowest BCUT2D eigenvalue weighted by Gasteiger charge is -2.07. The van der Waals surface area contributed by atoms with Crippen molar-refractivity contribution in [1.82, 2.24) is 24.9 Å². The van der Waals surface area contributed by atoms with E-state index in [1.165, 1.54) is 7.05 Å². The van der Waals surface area contributed by atoms with Gasteiger partial charge >= 0.3 is 0 Å². The van der Waals surface area contributed by atoms with Gasteiger partial charge in [0.1, 0.15) is 0 Å². The first-order chi connectivity index (χ1) is 13.0. The van der Waals surface area contributed by atoms with Crippen molar-refractivity contribution in [2.24, 2.45) is 0 Å². The first-order valence-electron chi connectivity index (χ1n) is 8.38. The van der Waals surface area contributed by atoms with Crippen LogP contribution in [0.5, 0.6) is 0 Å². The maximum absolute atomic E-state index is 12.7. The topological polar surface area (TPSA) is 93.8 Å². The number of carbonyl (C=O) groups is 2. The average Bonchev–Trinajstić information content (AvgIpc) is 3.27. The van der Waals surface area contributed by atoms with Gasteiger partial charge in [-0.3, -0.25) is 19.0 Å². The Morgan fingerprint density at radius 1 is 1.19 bits per heavy atom. The summed E-state index contributed by atoms with van der Waals surface area (Å²) in [4.78, 5) is 24.7. The molecule has 2 N–H and O–H groups in total. The van der Waals surface area contributed by atoms with Crippen LogP contribution in [0.3, 0.4) is 0 Å². The van der Waals surface area contributed by atoms with Crippen molar-refractivity contribution in [3.8, 4) is 0 Å². The predicted octanol–water partition coefficient (Wildman–Crippen LogP) is 2.52. The van der Waals surface area contributed by atoms with Gasteiger partial charge in [0.15, 0.2) is 5.69 Å². The second kappa shape index (κ2) is 8.17. The van der Waals surface area contributed by atoms with Gasteiger partial charge in [0.05, 0.1) is 22.9 Å². The molecule has 0 aliphatic heterocycles. The SMILES string of the molecule is CCn1cc(NC(=O)c2cccc(Cn3cc(Br)cn3)c2)c(C(=O)NC)n1. The van der Waals surface area contributed by atoms with Gasteiger partial charge < -0.3 is 10.6 Å². The number of aromatic nitrogens is 4. The van der Waals surface area contributed by atoms with Crippen LogP contribution in [0.4, 0.5) is 5.69 Å². The van der Waals surface area contributed by atoms with Gasteiger partial charge in [-0.05, 0) is 40.5 Å². The number of aryl methyl sites for hydroxylation is 1. The Labute approximate surface area is 164 Å². The quantitative estimate of drug-likeness (QED) is 0.627. The zero-order valence-corrected chi connectivity index (χ0v) is 16.5. The molecule has 2 amide bonds. The van der Waals surface area contributed by atoms with E-state index in [1.807, 2.05) is 25.3 Å². The first kappa shape index (κ1) is 18.8. The van der Waals surface area contributed by atoms with Crippen molar-refractivity contribution >= 4 is 33.4 Å². The van der Waals surface area contributed by atoms with Gasteiger partial charge in [0, 0.05) is 31.5 Å². The van der Waals surface area contributed by atoms with E-state index in [0.717, 1.165) is 10.0 Å². The molecule has 2 heterocycles. The zero-order chi connectivity index (χ0) is 19.4. The van der Waals surface area contributed by atoms with E-state index < -0.39 is 0 Å². The molecule has 1 aromatic carbocycles. The number of nitrogens with one attached hydrogen (secondary N) is 2. The largest absolute Gasteiger partial charge is 0.354 e. The Bertz CT molecular complexity index is 978. The number of nitrogens with zero attached hydrogens (tertiary/aromatic N) is 4. The fourth-order valence-electron chi connectivity index (χ4n) is 2.58. The smallest absolute Gasteiger partial charge is 0.273 e. The van der Waals surface area contributed by atoms with Crippen LogP contribution in [0.1, 0.15) is 33.3 Å². The number of halogens is 1. The van der Waals surface area contributed by atoms with Crippen LogP contribution in [0.25, 0.3) is 0 Å². The van der Waals surface area contributed by atoms with Crippen molar-refractivity contribution < 1.29 is 9.59 Å². The maximum Gasteiger partial charge on any atom is 0.273 e. The number of anilines is 1. The third-order valence-corrected chi connectivity index (χ3v) is 4.32. The van der Waals surface area contributed by atoms with E-state index in [1.54, 1.807) is 33.9 Å². The fraction of sp³-hybridized carbons (Fsp3) is 0.222. The van der Waals surface area contributed by atoms with Gasteiger partial charge in [0.2, 0.25) is 0 Å². The summed E-state index contributed by atoms with van der Waals surface area (Å²) in [7, 11) is 1.52. The van der Waals surface area contributed by atoms with Gasteiger partial charge in [-0.15, -0.1) is 0 Å². The van der Waals surface area contributed by atoms with Crippen LogP contribution < -0.4 is 10.6 Å². The van der Waals surface area contributed by atoms with Crippen LogP contribution in [0, 0.1) is 0 Å². The zero-order valence-electron chi connectivity index (χ0n) is 14.9.